The molecule has 1 heterocycles. The number of rotatable bonds is 11. The van der Waals surface area contributed by atoms with Crippen LogP contribution in [0.4, 0.5) is 9.18 Å². The molecular formula is C28H25BrFN5O4. The lowest BCUT2D eigenvalue weighted by Crippen LogP contribution is -2.47. The first-order valence-corrected chi connectivity index (χ1v) is 12.7. The number of amides is 2. The average Bonchev–Trinajstić information content (AvgIpc) is 3.46. The molecule has 4 rings (SSSR count). The molecule has 11 heteroatoms. The van der Waals surface area contributed by atoms with Crippen LogP contribution in [0.2, 0.25) is 0 Å². The summed E-state index contributed by atoms with van der Waals surface area (Å²) in [5, 5.41) is 6.61. The molecule has 0 bridgehead atoms. The highest BCUT2D eigenvalue weighted by Gasteiger charge is 2.22. The van der Waals surface area contributed by atoms with Gasteiger partial charge in [-0.05, 0) is 63.0 Å². The Balaban J connectivity index is 1.32. The van der Waals surface area contributed by atoms with Crippen molar-refractivity contribution in [1.29, 1.82) is 0 Å². The lowest BCUT2D eigenvalue weighted by atomic mass is 10.1. The molecule has 0 spiro atoms. The zero-order valence-electron chi connectivity index (χ0n) is 20.6. The highest BCUT2D eigenvalue weighted by Crippen LogP contribution is 2.26. The van der Waals surface area contributed by atoms with Crippen LogP contribution in [0, 0.1) is 5.82 Å². The third kappa shape index (κ3) is 8.78. The van der Waals surface area contributed by atoms with Crippen LogP contribution in [0.1, 0.15) is 22.4 Å². The van der Waals surface area contributed by atoms with Gasteiger partial charge in [0.25, 0.3) is 5.91 Å². The van der Waals surface area contributed by atoms with E-state index in [2.05, 4.69) is 41.7 Å². The summed E-state index contributed by atoms with van der Waals surface area (Å²) >= 11 is 3.46. The van der Waals surface area contributed by atoms with E-state index in [0.29, 0.717) is 21.5 Å². The molecule has 1 aromatic heterocycles. The van der Waals surface area contributed by atoms with E-state index >= 15 is 0 Å². The SMILES string of the molecule is O=C(N[C@@H](Cc1cnc[nH]1)C(=O)N/N=C\c1ccc(OCc2ccc(F)cc2)c(Br)c1)OCc1ccccc1. The summed E-state index contributed by atoms with van der Waals surface area (Å²) in [6.07, 6.45) is 3.95. The van der Waals surface area contributed by atoms with Crippen molar-refractivity contribution < 1.29 is 23.5 Å². The van der Waals surface area contributed by atoms with E-state index in [4.69, 9.17) is 9.47 Å². The summed E-state index contributed by atoms with van der Waals surface area (Å²) in [6.45, 7) is 0.350. The Morgan fingerprint density at radius 2 is 1.82 bits per heavy atom. The van der Waals surface area contributed by atoms with E-state index in [1.54, 1.807) is 36.5 Å². The number of ether oxygens (including phenoxy) is 2. The molecular weight excluding hydrogens is 569 g/mol. The normalized spacial score (nSPS) is 11.6. The molecule has 0 fully saturated rings. The quantitative estimate of drug-likeness (QED) is 0.169. The van der Waals surface area contributed by atoms with E-state index in [1.165, 1.54) is 24.7 Å². The Morgan fingerprint density at radius 3 is 2.54 bits per heavy atom. The van der Waals surface area contributed by atoms with Gasteiger partial charge in [-0.25, -0.2) is 19.6 Å². The predicted octanol–water partition coefficient (Wildman–Crippen LogP) is 4.88. The maximum Gasteiger partial charge on any atom is 0.408 e. The van der Waals surface area contributed by atoms with Gasteiger partial charge in [0, 0.05) is 18.3 Å². The summed E-state index contributed by atoms with van der Waals surface area (Å²) in [7, 11) is 0. The molecule has 3 N–H and O–H groups in total. The van der Waals surface area contributed by atoms with Crippen molar-refractivity contribution in [2.75, 3.05) is 0 Å². The van der Waals surface area contributed by atoms with Crippen LogP contribution in [0.5, 0.6) is 5.75 Å². The summed E-state index contributed by atoms with van der Waals surface area (Å²) in [5.41, 5.74) is 5.46. The minimum absolute atomic E-state index is 0.0711. The number of H-pyrrole nitrogens is 1. The predicted molar refractivity (Wildman–Crippen MR) is 146 cm³/mol. The number of hydrogen-bond donors (Lipinski definition) is 3. The topological polar surface area (TPSA) is 118 Å². The van der Waals surface area contributed by atoms with Gasteiger partial charge in [-0.2, -0.15) is 5.10 Å². The van der Waals surface area contributed by atoms with Crippen LogP contribution in [0.25, 0.3) is 0 Å². The molecule has 4 aromatic rings. The second-order valence-corrected chi connectivity index (χ2v) is 9.23. The summed E-state index contributed by atoms with van der Waals surface area (Å²) in [5.74, 6) is -0.240. The molecule has 200 valence electrons. The Morgan fingerprint density at radius 1 is 1.05 bits per heavy atom. The third-order valence-corrected chi connectivity index (χ3v) is 6.07. The third-order valence-electron chi connectivity index (χ3n) is 5.45. The zero-order chi connectivity index (χ0) is 27.5. The van der Waals surface area contributed by atoms with Gasteiger partial charge in [0.2, 0.25) is 0 Å². The Bertz CT molecular complexity index is 1400. The number of alkyl carbamates (subject to hydrolysis) is 1. The van der Waals surface area contributed by atoms with Gasteiger partial charge in [-0.1, -0.05) is 42.5 Å². The molecule has 2 amide bonds. The molecule has 3 aromatic carbocycles. The first kappa shape index (κ1) is 27.5. The van der Waals surface area contributed by atoms with Crippen LogP contribution >= 0.6 is 15.9 Å². The van der Waals surface area contributed by atoms with Crippen molar-refractivity contribution in [2.24, 2.45) is 5.10 Å². The van der Waals surface area contributed by atoms with Crippen molar-refractivity contribution in [3.8, 4) is 5.75 Å². The number of nitrogens with zero attached hydrogens (tertiary/aromatic N) is 2. The minimum atomic E-state index is -0.958. The molecule has 1 atom stereocenters. The maximum absolute atomic E-state index is 13.1. The molecule has 0 saturated carbocycles. The van der Waals surface area contributed by atoms with Crippen LogP contribution in [-0.2, 0) is 29.2 Å². The van der Waals surface area contributed by atoms with Gasteiger partial charge in [-0.15, -0.1) is 0 Å². The second kappa shape index (κ2) is 13.9. The number of hydrogen-bond acceptors (Lipinski definition) is 6. The molecule has 0 aliphatic carbocycles. The van der Waals surface area contributed by atoms with E-state index in [-0.39, 0.29) is 25.5 Å². The number of imidazole rings is 1. The fraction of sp³-hybridized carbons (Fsp3) is 0.143. The largest absolute Gasteiger partial charge is 0.488 e. The van der Waals surface area contributed by atoms with Crippen LogP contribution in [0.15, 0.2) is 94.9 Å². The number of nitrogens with one attached hydrogen (secondary N) is 3. The fourth-order valence-electron chi connectivity index (χ4n) is 3.44. The maximum atomic E-state index is 13.1. The highest BCUT2D eigenvalue weighted by molar-refractivity contribution is 9.10. The van der Waals surface area contributed by atoms with Gasteiger partial charge in [0.1, 0.15) is 30.8 Å². The number of carbonyl (C=O) groups is 2. The number of halogens is 2. The van der Waals surface area contributed by atoms with Gasteiger partial charge >= 0.3 is 6.09 Å². The number of carbonyl (C=O) groups excluding carboxylic acids is 2. The van der Waals surface area contributed by atoms with E-state index in [1.807, 2.05) is 30.3 Å². The average molecular weight is 594 g/mol. The summed E-state index contributed by atoms with van der Waals surface area (Å²) in [4.78, 5) is 32.1. The van der Waals surface area contributed by atoms with E-state index in [9.17, 15) is 14.0 Å². The van der Waals surface area contributed by atoms with E-state index < -0.39 is 18.0 Å². The fourth-order valence-corrected chi connectivity index (χ4v) is 3.95. The highest BCUT2D eigenvalue weighted by atomic mass is 79.9. The lowest BCUT2D eigenvalue weighted by Gasteiger charge is -2.16. The van der Waals surface area contributed by atoms with Crippen LogP contribution in [0.3, 0.4) is 0 Å². The van der Waals surface area contributed by atoms with Crippen molar-refractivity contribution >= 4 is 34.1 Å². The second-order valence-electron chi connectivity index (χ2n) is 8.38. The van der Waals surface area contributed by atoms with Gasteiger partial charge in [0.05, 0.1) is 17.0 Å². The number of hydrazone groups is 1. The lowest BCUT2D eigenvalue weighted by molar-refractivity contribution is -0.123. The summed E-state index contributed by atoms with van der Waals surface area (Å²) < 4.78 is 24.8. The zero-order valence-corrected chi connectivity index (χ0v) is 22.2. The van der Waals surface area contributed by atoms with Gasteiger partial charge in [-0.3, -0.25) is 4.79 Å². The summed E-state index contributed by atoms with van der Waals surface area (Å²) in [6, 6.07) is 19.6. The van der Waals surface area contributed by atoms with Crippen LogP contribution in [-0.4, -0.2) is 34.2 Å². The number of benzene rings is 3. The number of aromatic nitrogens is 2. The Kier molecular flexibility index (Phi) is 9.79. The standard InChI is InChI=1S/C28H25BrFN5O4/c29-24-12-21(8-11-26(24)38-16-20-6-9-22(30)10-7-20)14-33-35-27(36)25(13-23-15-31-18-32-23)34-28(37)39-17-19-4-2-1-3-5-19/h1-12,14-15,18,25H,13,16-17H2,(H,31,32)(H,34,37)(H,35,36)/b33-14-/t25-/m0/s1. The molecule has 0 aliphatic rings. The molecule has 0 unspecified atom stereocenters. The molecule has 9 nitrogen and oxygen atoms in total. The molecule has 0 radical (unpaired) electrons. The molecule has 0 aliphatic heterocycles. The van der Waals surface area contributed by atoms with Crippen LogP contribution < -0.4 is 15.5 Å². The number of aromatic amines is 1. The van der Waals surface area contributed by atoms with E-state index in [0.717, 1.165) is 11.1 Å². The van der Waals surface area contributed by atoms with Crippen molar-refractivity contribution in [3.63, 3.8) is 0 Å². The first-order chi connectivity index (χ1) is 19.0. The van der Waals surface area contributed by atoms with Gasteiger partial charge in [0.15, 0.2) is 0 Å². The van der Waals surface area contributed by atoms with Crippen molar-refractivity contribution in [3.05, 3.63) is 118 Å². The monoisotopic (exact) mass is 593 g/mol. The smallest absolute Gasteiger partial charge is 0.408 e. The Labute approximate surface area is 232 Å². The van der Waals surface area contributed by atoms with Crippen molar-refractivity contribution in [1.82, 2.24) is 20.7 Å². The minimum Gasteiger partial charge on any atom is -0.488 e. The molecule has 0 saturated heterocycles. The van der Waals surface area contributed by atoms with Gasteiger partial charge < -0.3 is 19.8 Å². The first-order valence-electron chi connectivity index (χ1n) is 11.9. The molecule has 39 heavy (non-hydrogen) atoms. The van der Waals surface area contributed by atoms with Crippen molar-refractivity contribution in [2.45, 2.75) is 25.7 Å². The Hall–Kier alpha value is -4.51.